The molecule has 1 aromatic carbocycles. The van der Waals surface area contributed by atoms with Crippen molar-refractivity contribution >= 4 is 39.3 Å². The van der Waals surface area contributed by atoms with Crippen molar-refractivity contribution in [2.45, 2.75) is 13.0 Å². The average Bonchev–Trinajstić information content (AvgIpc) is 3.06. The Morgan fingerprint density at radius 3 is 2.85 bits per heavy atom. The number of H-pyrrole nitrogens is 1. The molecule has 0 spiro atoms. The topological polar surface area (TPSA) is 61.9 Å². The third-order valence-electron chi connectivity index (χ3n) is 4.99. The third-order valence-corrected chi connectivity index (χ3v) is 5.23. The summed E-state index contributed by atoms with van der Waals surface area (Å²) >= 11 is 6.08. The molecule has 5 nitrogen and oxygen atoms in total. The number of benzene rings is 1. The van der Waals surface area contributed by atoms with Crippen molar-refractivity contribution in [3.8, 4) is 0 Å². The number of nitrogens with one attached hydrogen (secondary N) is 1. The van der Waals surface area contributed by atoms with Gasteiger partial charge in [-0.1, -0.05) is 11.6 Å². The van der Waals surface area contributed by atoms with E-state index in [2.05, 4.69) is 15.0 Å². The molecule has 3 aromatic heterocycles. The van der Waals surface area contributed by atoms with Crippen LogP contribution < -0.4 is 0 Å². The molecule has 1 aliphatic rings. The van der Waals surface area contributed by atoms with E-state index in [9.17, 15) is 4.79 Å². The summed E-state index contributed by atoms with van der Waals surface area (Å²) in [5, 5.41) is 2.80. The quantitative estimate of drug-likeness (QED) is 0.557. The second-order valence-corrected chi connectivity index (χ2v) is 6.94. The van der Waals surface area contributed by atoms with Gasteiger partial charge in [-0.3, -0.25) is 14.8 Å². The lowest BCUT2D eigenvalue weighted by Gasteiger charge is -2.27. The minimum absolute atomic E-state index is 0.0351. The van der Waals surface area contributed by atoms with Crippen LogP contribution in [0.3, 0.4) is 0 Å². The molecule has 6 heteroatoms. The number of hydrogen-bond donors (Lipinski definition) is 1. The summed E-state index contributed by atoms with van der Waals surface area (Å²) in [4.78, 5) is 26.8. The van der Waals surface area contributed by atoms with Crippen molar-refractivity contribution in [1.82, 2.24) is 19.9 Å². The predicted molar refractivity (Wildman–Crippen MR) is 101 cm³/mol. The summed E-state index contributed by atoms with van der Waals surface area (Å²) in [6.07, 6.45) is 5.98. The smallest absolute Gasteiger partial charge is 0.254 e. The lowest BCUT2D eigenvalue weighted by molar-refractivity contribution is 0.0735. The second-order valence-electron chi connectivity index (χ2n) is 6.50. The predicted octanol–water partition coefficient (Wildman–Crippen LogP) is 3.96. The van der Waals surface area contributed by atoms with Crippen LogP contribution in [0.4, 0.5) is 0 Å². The summed E-state index contributed by atoms with van der Waals surface area (Å²) in [6.45, 7) is 1.27. The van der Waals surface area contributed by atoms with Crippen LogP contribution in [0, 0.1) is 0 Å². The van der Waals surface area contributed by atoms with Gasteiger partial charge in [0.1, 0.15) is 0 Å². The molecule has 128 valence electrons. The molecule has 0 unspecified atom stereocenters. The molecule has 26 heavy (non-hydrogen) atoms. The highest BCUT2D eigenvalue weighted by atomic mass is 35.5. The number of rotatable bonds is 1. The molecule has 0 radical (unpaired) electrons. The van der Waals surface area contributed by atoms with Crippen molar-refractivity contribution in [3.05, 3.63) is 70.8 Å². The number of halogens is 1. The zero-order chi connectivity index (χ0) is 17.7. The Morgan fingerprint density at radius 1 is 1.15 bits per heavy atom. The summed E-state index contributed by atoms with van der Waals surface area (Å²) in [5.74, 6) is 0.0351. The number of nitrogens with zero attached hydrogens (tertiary/aromatic N) is 3. The number of carbonyl (C=O) groups excluding carboxylic acids is 1. The molecule has 0 fully saturated rings. The van der Waals surface area contributed by atoms with E-state index in [1.165, 1.54) is 5.69 Å². The Bertz CT molecular complexity index is 1150. The lowest BCUT2D eigenvalue weighted by Crippen LogP contribution is -2.35. The summed E-state index contributed by atoms with van der Waals surface area (Å²) in [7, 11) is 0. The Morgan fingerprint density at radius 2 is 2.00 bits per heavy atom. The zero-order valence-corrected chi connectivity index (χ0v) is 14.6. The van der Waals surface area contributed by atoms with Gasteiger partial charge in [-0.15, -0.1) is 0 Å². The van der Waals surface area contributed by atoms with E-state index < -0.39 is 0 Å². The molecular weight excluding hydrogens is 348 g/mol. The van der Waals surface area contributed by atoms with Gasteiger partial charge in [0.2, 0.25) is 0 Å². The van der Waals surface area contributed by atoms with Gasteiger partial charge in [-0.05, 0) is 30.3 Å². The SMILES string of the molecule is O=C(c1ccncc1)N1CCc2[nH]c3c(cnc4cc(Cl)ccc43)c2C1. The van der Waals surface area contributed by atoms with Crippen LogP contribution in [0.5, 0.6) is 0 Å². The highest BCUT2D eigenvalue weighted by molar-refractivity contribution is 6.31. The van der Waals surface area contributed by atoms with Gasteiger partial charge < -0.3 is 9.88 Å². The summed E-state index contributed by atoms with van der Waals surface area (Å²) in [6, 6.07) is 9.26. The maximum atomic E-state index is 12.8. The highest BCUT2D eigenvalue weighted by Gasteiger charge is 2.25. The van der Waals surface area contributed by atoms with Gasteiger partial charge >= 0.3 is 0 Å². The Balaban J connectivity index is 1.58. The highest BCUT2D eigenvalue weighted by Crippen LogP contribution is 2.32. The van der Waals surface area contributed by atoms with Crippen LogP contribution in [-0.4, -0.2) is 32.3 Å². The van der Waals surface area contributed by atoms with Gasteiger partial charge in [0.05, 0.1) is 11.0 Å². The van der Waals surface area contributed by atoms with E-state index in [4.69, 9.17) is 11.6 Å². The first kappa shape index (κ1) is 15.3. The molecule has 4 heterocycles. The van der Waals surface area contributed by atoms with Crippen LogP contribution in [0.2, 0.25) is 5.02 Å². The fourth-order valence-corrected chi connectivity index (χ4v) is 3.85. The minimum Gasteiger partial charge on any atom is -0.357 e. The normalized spacial score (nSPS) is 14.0. The Hall–Kier alpha value is -2.92. The van der Waals surface area contributed by atoms with Crippen molar-refractivity contribution in [1.29, 1.82) is 0 Å². The molecule has 1 N–H and O–H groups in total. The lowest BCUT2D eigenvalue weighted by atomic mass is 10.0. The number of amides is 1. The molecule has 1 aliphatic heterocycles. The zero-order valence-electron chi connectivity index (χ0n) is 13.9. The molecule has 0 saturated heterocycles. The molecule has 1 amide bonds. The minimum atomic E-state index is 0.0351. The third kappa shape index (κ3) is 2.35. The van der Waals surface area contributed by atoms with E-state index in [1.807, 2.05) is 29.3 Å². The largest absolute Gasteiger partial charge is 0.357 e. The molecule has 0 bridgehead atoms. The van der Waals surface area contributed by atoms with Gasteiger partial charge in [0.15, 0.2) is 0 Å². The maximum absolute atomic E-state index is 12.8. The Labute approximate surface area is 154 Å². The fraction of sp³-hybridized carbons (Fsp3) is 0.150. The van der Waals surface area contributed by atoms with Gasteiger partial charge in [-0.25, -0.2) is 0 Å². The molecule has 4 aromatic rings. The van der Waals surface area contributed by atoms with Crippen LogP contribution in [-0.2, 0) is 13.0 Å². The number of pyridine rings is 2. The van der Waals surface area contributed by atoms with Gasteiger partial charge in [-0.2, -0.15) is 0 Å². The van der Waals surface area contributed by atoms with Crippen molar-refractivity contribution in [2.24, 2.45) is 0 Å². The average molecular weight is 363 g/mol. The van der Waals surface area contributed by atoms with Gasteiger partial charge in [0.25, 0.3) is 5.91 Å². The first-order chi connectivity index (χ1) is 12.7. The number of aromatic nitrogens is 3. The number of aromatic amines is 1. The first-order valence-corrected chi connectivity index (χ1v) is 8.85. The van der Waals surface area contributed by atoms with Crippen LogP contribution in [0.1, 0.15) is 21.6 Å². The van der Waals surface area contributed by atoms with E-state index >= 15 is 0 Å². The van der Waals surface area contributed by atoms with Crippen LogP contribution >= 0.6 is 11.6 Å². The van der Waals surface area contributed by atoms with Crippen molar-refractivity contribution in [3.63, 3.8) is 0 Å². The fourth-order valence-electron chi connectivity index (χ4n) is 3.68. The van der Waals surface area contributed by atoms with E-state index in [0.29, 0.717) is 23.7 Å². The number of carbonyl (C=O) groups is 1. The number of hydrogen-bond acceptors (Lipinski definition) is 3. The monoisotopic (exact) mass is 362 g/mol. The molecular formula is C20H15ClN4O. The van der Waals surface area contributed by atoms with E-state index in [0.717, 1.165) is 33.8 Å². The van der Waals surface area contributed by atoms with Gasteiger partial charge in [0, 0.05) is 70.7 Å². The standard InChI is InChI=1S/C20H15ClN4O/c21-13-1-2-14-18(9-13)23-10-15-16-11-25(8-5-17(16)24-19(14)15)20(26)12-3-6-22-7-4-12/h1-4,6-7,9-10,24H,5,8,11H2. The van der Waals surface area contributed by atoms with E-state index in [-0.39, 0.29) is 5.91 Å². The van der Waals surface area contributed by atoms with Crippen LogP contribution in [0.15, 0.2) is 48.9 Å². The summed E-state index contributed by atoms with van der Waals surface area (Å²) in [5.41, 5.74) is 4.94. The molecule has 5 rings (SSSR count). The number of fused-ring (bicyclic) bond motifs is 5. The molecule has 0 aliphatic carbocycles. The first-order valence-electron chi connectivity index (χ1n) is 8.48. The van der Waals surface area contributed by atoms with Crippen LogP contribution in [0.25, 0.3) is 21.8 Å². The van der Waals surface area contributed by atoms with Crippen molar-refractivity contribution < 1.29 is 4.79 Å². The van der Waals surface area contributed by atoms with Crippen molar-refractivity contribution in [2.75, 3.05) is 6.54 Å². The maximum Gasteiger partial charge on any atom is 0.254 e. The Kier molecular flexibility index (Phi) is 3.43. The molecule has 0 saturated carbocycles. The van der Waals surface area contributed by atoms with E-state index in [1.54, 1.807) is 24.5 Å². The summed E-state index contributed by atoms with van der Waals surface area (Å²) < 4.78 is 0. The molecule has 0 atom stereocenters. The second kappa shape index (κ2) is 5.81.